The molecule has 1 saturated carbocycles. The zero-order valence-corrected chi connectivity index (χ0v) is 12.4. The summed E-state index contributed by atoms with van der Waals surface area (Å²) in [6.45, 7) is 0.288. The Labute approximate surface area is 132 Å². The molecule has 0 saturated heterocycles. The van der Waals surface area contributed by atoms with Crippen LogP contribution >= 0.6 is 0 Å². The fourth-order valence-electron chi connectivity index (χ4n) is 2.27. The zero-order chi connectivity index (χ0) is 16.2. The lowest BCUT2D eigenvalue weighted by molar-refractivity contribution is -0.117. The molecule has 0 bridgehead atoms. The molecule has 7 heteroatoms. The van der Waals surface area contributed by atoms with Crippen molar-refractivity contribution in [2.45, 2.75) is 12.8 Å². The van der Waals surface area contributed by atoms with Gasteiger partial charge in [-0.3, -0.25) is 9.59 Å². The number of rotatable bonds is 6. The summed E-state index contributed by atoms with van der Waals surface area (Å²) >= 11 is 0. The molecule has 2 amide bonds. The van der Waals surface area contributed by atoms with Gasteiger partial charge in [-0.2, -0.15) is 0 Å². The van der Waals surface area contributed by atoms with Crippen LogP contribution in [-0.2, 0) is 4.79 Å². The second-order valence-corrected chi connectivity index (χ2v) is 5.54. The normalized spacial score (nSPS) is 13.6. The molecular formula is C16H16FN3O3. The van der Waals surface area contributed by atoms with Crippen molar-refractivity contribution in [3.63, 3.8) is 0 Å². The Morgan fingerprint density at radius 2 is 2.09 bits per heavy atom. The van der Waals surface area contributed by atoms with E-state index in [0.717, 1.165) is 12.8 Å². The first-order valence-electron chi connectivity index (χ1n) is 7.37. The van der Waals surface area contributed by atoms with Crippen LogP contribution < -0.4 is 5.32 Å². The minimum Gasteiger partial charge on any atom is -0.363 e. The lowest BCUT2D eigenvalue weighted by Gasteiger charge is -2.22. The Balaban J connectivity index is 1.70. The molecule has 0 radical (unpaired) electrons. The van der Waals surface area contributed by atoms with Crippen molar-refractivity contribution in [1.29, 1.82) is 0 Å². The number of carbonyl (C=O) groups is 2. The molecule has 1 aromatic carbocycles. The molecule has 0 spiro atoms. The van der Waals surface area contributed by atoms with Gasteiger partial charge in [0.05, 0.1) is 5.56 Å². The van der Waals surface area contributed by atoms with Crippen LogP contribution in [0.15, 0.2) is 41.1 Å². The summed E-state index contributed by atoms with van der Waals surface area (Å²) in [6.07, 6.45) is 3.37. The molecule has 1 aromatic heterocycles. The smallest absolute Gasteiger partial charge is 0.257 e. The van der Waals surface area contributed by atoms with Crippen molar-refractivity contribution in [1.82, 2.24) is 10.1 Å². The van der Waals surface area contributed by atoms with Gasteiger partial charge >= 0.3 is 0 Å². The average molecular weight is 317 g/mol. The van der Waals surface area contributed by atoms with Crippen molar-refractivity contribution in [2.75, 3.05) is 18.4 Å². The number of anilines is 1. The van der Waals surface area contributed by atoms with Crippen LogP contribution in [0.5, 0.6) is 0 Å². The molecule has 1 aliphatic rings. The van der Waals surface area contributed by atoms with E-state index in [1.54, 1.807) is 6.07 Å². The third-order valence-corrected chi connectivity index (χ3v) is 3.61. The Hall–Kier alpha value is -2.70. The summed E-state index contributed by atoms with van der Waals surface area (Å²) in [5, 5.41) is 6.12. The van der Waals surface area contributed by atoms with Gasteiger partial charge in [0.2, 0.25) is 5.91 Å². The van der Waals surface area contributed by atoms with Crippen LogP contribution in [0.25, 0.3) is 0 Å². The Bertz CT molecular complexity index is 698. The van der Waals surface area contributed by atoms with Gasteiger partial charge < -0.3 is 14.7 Å². The van der Waals surface area contributed by atoms with Gasteiger partial charge in [-0.05, 0) is 30.9 Å². The molecule has 120 valence electrons. The summed E-state index contributed by atoms with van der Waals surface area (Å²) in [6, 6.07) is 7.28. The summed E-state index contributed by atoms with van der Waals surface area (Å²) in [7, 11) is 0. The maximum atomic E-state index is 13.8. The number of amides is 2. The number of halogens is 1. The van der Waals surface area contributed by atoms with Gasteiger partial charge in [-0.25, -0.2) is 4.39 Å². The van der Waals surface area contributed by atoms with E-state index < -0.39 is 17.6 Å². The monoisotopic (exact) mass is 317 g/mol. The number of hydrogen-bond donors (Lipinski definition) is 1. The van der Waals surface area contributed by atoms with E-state index in [4.69, 9.17) is 0 Å². The van der Waals surface area contributed by atoms with Gasteiger partial charge in [-0.15, -0.1) is 0 Å². The van der Waals surface area contributed by atoms with Crippen LogP contribution in [0.2, 0.25) is 0 Å². The zero-order valence-electron chi connectivity index (χ0n) is 12.4. The first-order valence-corrected chi connectivity index (χ1v) is 7.37. The number of nitrogens with one attached hydrogen (secondary N) is 1. The lowest BCUT2D eigenvalue weighted by Crippen LogP contribution is -2.39. The highest BCUT2D eigenvalue weighted by molar-refractivity contribution is 5.99. The van der Waals surface area contributed by atoms with E-state index in [0.29, 0.717) is 12.5 Å². The SMILES string of the molecule is O=C(CN(CC1CC1)C(=O)c1ccccc1F)Nc1ccon1. The number of carbonyl (C=O) groups excluding carboxylic acids is 2. The molecule has 2 aromatic rings. The average Bonchev–Trinajstić information content (AvgIpc) is 3.20. The van der Waals surface area contributed by atoms with E-state index in [1.807, 2.05) is 0 Å². The van der Waals surface area contributed by atoms with E-state index in [-0.39, 0.29) is 17.9 Å². The largest absolute Gasteiger partial charge is 0.363 e. The predicted molar refractivity (Wildman–Crippen MR) is 80.2 cm³/mol. The van der Waals surface area contributed by atoms with Crippen LogP contribution in [0.3, 0.4) is 0 Å². The van der Waals surface area contributed by atoms with E-state index in [2.05, 4.69) is 15.0 Å². The van der Waals surface area contributed by atoms with E-state index in [9.17, 15) is 14.0 Å². The third kappa shape index (κ3) is 3.94. The van der Waals surface area contributed by atoms with Crippen molar-refractivity contribution in [3.8, 4) is 0 Å². The second kappa shape index (κ2) is 6.60. The van der Waals surface area contributed by atoms with E-state index in [1.165, 1.54) is 35.4 Å². The molecule has 1 N–H and O–H groups in total. The highest BCUT2D eigenvalue weighted by atomic mass is 19.1. The van der Waals surface area contributed by atoms with Crippen molar-refractivity contribution in [3.05, 3.63) is 48.0 Å². The molecule has 6 nitrogen and oxygen atoms in total. The molecule has 1 heterocycles. The van der Waals surface area contributed by atoms with Crippen molar-refractivity contribution >= 4 is 17.6 Å². The van der Waals surface area contributed by atoms with Crippen LogP contribution in [0.1, 0.15) is 23.2 Å². The second-order valence-electron chi connectivity index (χ2n) is 5.54. The number of hydrogen-bond acceptors (Lipinski definition) is 4. The standard InChI is InChI=1S/C16H16FN3O3/c17-13-4-2-1-3-12(13)16(22)20(9-11-5-6-11)10-15(21)18-14-7-8-23-19-14/h1-4,7-8,11H,5-6,9-10H2,(H,18,19,21). The maximum Gasteiger partial charge on any atom is 0.257 e. The number of nitrogens with zero attached hydrogens (tertiary/aromatic N) is 2. The number of aromatic nitrogens is 1. The molecule has 3 rings (SSSR count). The fourth-order valence-corrected chi connectivity index (χ4v) is 2.27. The molecule has 0 aliphatic heterocycles. The lowest BCUT2D eigenvalue weighted by atomic mass is 10.1. The quantitative estimate of drug-likeness (QED) is 0.887. The van der Waals surface area contributed by atoms with Gasteiger partial charge in [0.15, 0.2) is 5.82 Å². The molecule has 1 aliphatic carbocycles. The molecule has 23 heavy (non-hydrogen) atoms. The molecular weight excluding hydrogens is 301 g/mol. The first kappa shape index (κ1) is 15.2. The van der Waals surface area contributed by atoms with Crippen LogP contribution in [0.4, 0.5) is 10.2 Å². The summed E-state index contributed by atoms with van der Waals surface area (Å²) in [5.74, 6) is -0.810. The summed E-state index contributed by atoms with van der Waals surface area (Å²) in [4.78, 5) is 26.0. The first-order chi connectivity index (χ1) is 11.1. The minimum absolute atomic E-state index is 0.0256. The highest BCUT2D eigenvalue weighted by Crippen LogP contribution is 2.30. The molecule has 0 atom stereocenters. The highest BCUT2D eigenvalue weighted by Gasteiger charge is 2.29. The predicted octanol–water partition coefficient (Wildman–Crippen LogP) is 2.30. The van der Waals surface area contributed by atoms with Gasteiger partial charge in [0.1, 0.15) is 18.6 Å². The van der Waals surface area contributed by atoms with Crippen LogP contribution in [0, 0.1) is 11.7 Å². The van der Waals surface area contributed by atoms with Crippen LogP contribution in [-0.4, -0.2) is 35.0 Å². The van der Waals surface area contributed by atoms with E-state index >= 15 is 0 Å². The Morgan fingerprint density at radius 1 is 1.30 bits per heavy atom. The topological polar surface area (TPSA) is 75.4 Å². The minimum atomic E-state index is -0.588. The Morgan fingerprint density at radius 3 is 2.74 bits per heavy atom. The summed E-state index contributed by atoms with van der Waals surface area (Å²) < 4.78 is 18.5. The van der Waals surface area contributed by atoms with Crippen molar-refractivity contribution < 1.29 is 18.5 Å². The summed E-state index contributed by atoms with van der Waals surface area (Å²) in [5.41, 5.74) is -0.0256. The molecule has 0 unspecified atom stereocenters. The maximum absolute atomic E-state index is 13.8. The van der Waals surface area contributed by atoms with Crippen molar-refractivity contribution in [2.24, 2.45) is 5.92 Å². The third-order valence-electron chi connectivity index (χ3n) is 3.61. The van der Waals surface area contributed by atoms with Gasteiger partial charge in [0.25, 0.3) is 5.91 Å². The van der Waals surface area contributed by atoms with Gasteiger partial charge in [-0.1, -0.05) is 17.3 Å². The Kier molecular flexibility index (Phi) is 4.36. The molecule has 1 fully saturated rings. The van der Waals surface area contributed by atoms with Gasteiger partial charge in [0, 0.05) is 12.6 Å². The number of benzene rings is 1. The fraction of sp³-hybridized carbons (Fsp3) is 0.312.